The van der Waals surface area contributed by atoms with Crippen LogP contribution in [0.1, 0.15) is 24.5 Å². The molecule has 3 unspecified atom stereocenters. The molecule has 1 heterocycles. The molecular weight excluding hydrogens is 486 g/mol. The molecule has 0 amide bonds. The molecule has 2 aromatic carbocycles. The Bertz CT molecular complexity index is 1010. The summed E-state index contributed by atoms with van der Waals surface area (Å²) in [6.45, 7) is 3.45. The van der Waals surface area contributed by atoms with Gasteiger partial charge in [-0.15, -0.1) is 30.1 Å². The van der Waals surface area contributed by atoms with Crippen molar-refractivity contribution >= 4 is 24.2 Å². The van der Waals surface area contributed by atoms with Crippen molar-refractivity contribution in [3.05, 3.63) is 47.5 Å². The van der Waals surface area contributed by atoms with Crippen LogP contribution in [0.3, 0.4) is 0 Å². The van der Waals surface area contributed by atoms with E-state index in [0.717, 1.165) is 42.3 Å². The third-order valence-electron chi connectivity index (χ3n) is 5.85. The standard InChI is InChI=1S/C27H35NO5S.ClH/c1-6-7-26-27(21(29)13-15-34-26)33-25-17-20(9-11-23(25)31-4)18-28(2)14-12-19-8-10-22(30-3)24(16-19)32-5;/h8-11,16-17,21,26-27,29H,12-15,18H2,1-5H3;1H. The Labute approximate surface area is 219 Å². The van der Waals surface area contributed by atoms with Gasteiger partial charge in [0.15, 0.2) is 23.0 Å². The molecule has 1 saturated heterocycles. The Morgan fingerprint density at radius 1 is 0.971 bits per heavy atom. The van der Waals surface area contributed by atoms with Crippen LogP contribution in [0.15, 0.2) is 36.4 Å². The van der Waals surface area contributed by atoms with E-state index in [-0.39, 0.29) is 17.7 Å². The lowest BCUT2D eigenvalue weighted by atomic mass is 10.1. The summed E-state index contributed by atoms with van der Waals surface area (Å²) in [7, 11) is 7.02. The van der Waals surface area contributed by atoms with Crippen LogP contribution in [0.4, 0.5) is 0 Å². The molecule has 0 aliphatic carbocycles. The molecule has 3 atom stereocenters. The van der Waals surface area contributed by atoms with E-state index in [0.29, 0.717) is 17.9 Å². The molecule has 1 aliphatic rings. The van der Waals surface area contributed by atoms with Crippen molar-refractivity contribution in [3.63, 3.8) is 0 Å². The van der Waals surface area contributed by atoms with E-state index in [1.54, 1.807) is 33.1 Å². The number of hydrogen-bond acceptors (Lipinski definition) is 7. The summed E-state index contributed by atoms with van der Waals surface area (Å²) in [5.41, 5.74) is 2.30. The third-order valence-corrected chi connectivity index (χ3v) is 7.07. The Balaban J connectivity index is 0.00000432. The average Bonchev–Trinajstić information content (AvgIpc) is 2.85. The van der Waals surface area contributed by atoms with Crippen molar-refractivity contribution < 1.29 is 24.1 Å². The number of methoxy groups -OCH3 is 3. The lowest BCUT2D eigenvalue weighted by Gasteiger charge is -2.33. The fourth-order valence-electron chi connectivity index (χ4n) is 3.99. The number of likely N-dealkylation sites (N-methyl/N-ethyl adjacent to an activating group) is 1. The summed E-state index contributed by atoms with van der Waals surface area (Å²) in [5.74, 6) is 9.80. The van der Waals surface area contributed by atoms with E-state index >= 15 is 0 Å². The largest absolute Gasteiger partial charge is 0.493 e. The van der Waals surface area contributed by atoms with Crippen molar-refractivity contribution in [2.45, 2.75) is 43.8 Å². The van der Waals surface area contributed by atoms with Gasteiger partial charge >= 0.3 is 0 Å². The zero-order chi connectivity index (χ0) is 24.5. The molecule has 1 aliphatic heterocycles. The van der Waals surface area contributed by atoms with Crippen LogP contribution in [-0.4, -0.2) is 68.1 Å². The first-order valence-electron chi connectivity index (χ1n) is 11.4. The van der Waals surface area contributed by atoms with Crippen molar-refractivity contribution in [1.82, 2.24) is 4.90 Å². The van der Waals surface area contributed by atoms with Gasteiger partial charge in [-0.3, -0.25) is 0 Å². The summed E-state index contributed by atoms with van der Waals surface area (Å²) in [5, 5.41) is 10.5. The first-order chi connectivity index (χ1) is 16.5. The maximum absolute atomic E-state index is 10.6. The second-order valence-electron chi connectivity index (χ2n) is 8.29. The summed E-state index contributed by atoms with van der Waals surface area (Å²) in [6.07, 6.45) is 0.639. The number of nitrogens with zero attached hydrogens (tertiary/aromatic N) is 1. The number of benzene rings is 2. The van der Waals surface area contributed by atoms with Gasteiger partial charge in [0.1, 0.15) is 11.4 Å². The van der Waals surface area contributed by atoms with Crippen LogP contribution in [0.2, 0.25) is 0 Å². The van der Waals surface area contributed by atoms with E-state index < -0.39 is 12.2 Å². The van der Waals surface area contributed by atoms with Crippen LogP contribution in [-0.2, 0) is 13.0 Å². The van der Waals surface area contributed by atoms with Crippen LogP contribution in [0.5, 0.6) is 23.0 Å². The van der Waals surface area contributed by atoms with Gasteiger partial charge in [-0.2, -0.15) is 0 Å². The fourth-order valence-corrected chi connectivity index (χ4v) is 5.25. The Morgan fingerprint density at radius 2 is 1.60 bits per heavy atom. The molecule has 3 rings (SSSR count). The smallest absolute Gasteiger partial charge is 0.162 e. The van der Waals surface area contributed by atoms with E-state index in [4.69, 9.17) is 18.9 Å². The third kappa shape index (κ3) is 7.88. The normalized spacial score (nSPS) is 19.2. The first kappa shape index (κ1) is 29.0. The van der Waals surface area contributed by atoms with Crippen LogP contribution in [0.25, 0.3) is 0 Å². The lowest BCUT2D eigenvalue weighted by molar-refractivity contribution is 0.0354. The molecule has 8 heteroatoms. The summed E-state index contributed by atoms with van der Waals surface area (Å²) in [6, 6.07) is 12.0. The molecule has 0 bridgehead atoms. The molecule has 2 aromatic rings. The van der Waals surface area contributed by atoms with Gasteiger partial charge in [-0.1, -0.05) is 18.1 Å². The van der Waals surface area contributed by atoms with Gasteiger partial charge in [0.25, 0.3) is 0 Å². The highest BCUT2D eigenvalue weighted by Crippen LogP contribution is 2.35. The van der Waals surface area contributed by atoms with Crippen LogP contribution >= 0.6 is 24.2 Å². The molecular formula is C27H36ClNO5S. The second-order valence-corrected chi connectivity index (χ2v) is 9.54. The maximum atomic E-state index is 10.6. The summed E-state index contributed by atoms with van der Waals surface area (Å²) < 4.78 is 22.6. The Hall–Kier alpha value is -2.24. The number of thioether (sulfide) groups is 1. The predicted molar refractivity (Wildman–Crippen MR) is 145 cm³/mol. The lowest BCUT2D eigenvalue weighted by Crippen LogP contribution is -2.43. The van der Waals surface area contributed by atoms with Gasteiger partial charge in [-0.25, -0.2) is 0 Å². The van der Waals surface area contributed by atoms with E-state index in [1.165, 1.54) is 5.56 Å². The molecule has 0 aromatic heterocycles. The van der Waals surface area contributed by atoms with E-state index in [1.807, 2.05) is 37.3 Å². The van der Waals surface area contributed by atoms with Crippen molar-refractivity contribution in [1.29, 1.82) is 0 Å². The minimum absolute atomic E-state index is 0. The molecule has 1 N–H and O–H groups in total. The van der Waals surface area contributed by atoms with Crippen molar-refractivity contribution in [2.75, 3.05) is 40.7 Å². The van der Waals surface area contributed by atoms with Gasteiger partial charge in [-0.05, 0) is 68.0 Å². The van der Waals surface area contributed by atoms with Crippen LogP contribution < -0.4 is 18.9 Å². The minimum Gasteiger partial charge on any atom is -0.493 e. The number of hydrogen-bond donors (Lipinski definition) is 1. The molecule has 1 fully saturated rings. The van der Waals surface area contributed by atoms with Crippen molar-refractivity contribution in [3.8, 4) is 34.8 Å². The molecule has 192 valence electrons. The van der Waals surface area contributed by atoms with Crippen LogP contribution in [0, 0.1) is 11.8 Å². The van der Waals surface area contributed by atoms with Crippen molar-refractivity contribution in [2.24, 2.45) is 0 Å². The first-order valence-corrected chi connectivity index (χ1v) is 12.5. The predicted octanol–water partition coefficient (Wildman–Crippen LogP) is 4.45. The summed E-state index contributed by atoms with van der Waals surface area (Å²) >= 11 is 1.73. The SMILES string of the molecule is CC#CC1SCCC(O)C1Oc1cc(CN(C)CCc2ccc(OC)c(OC)c2)ccc1OC.Cl. The quantitative estimate of drug-likeness (QED) is 0.464. The number of halogens is 1. The molecule has 6 nitrogen and oxygen atoms in total. The molecule has 0 radical (unpaired) electrons. The molecule has 0 spiro atoms. The zero-order valence-electron chi connectivity index (χ0n) is 21.1. The highest BCUT2D eigenvalue weighted by molar-refractivity contribution is 8.00. The van der Waals surface area contributed by atoms with Gasteiger partial charge in [0.2, 0.25) is 0 Å². The second kappa shape index (κ2) is 14.4. The van der Waals surface area contributed by atoms with Gasteiger partial charge in [0, 0.05) is 13.1 Å². The fraction of sp³-hybridized carbons (Fsp3) is 0.481. The highest BCUT2D eigenvalue weighted by atomic mass is 35.5. The van der Waals surface area contributed by atoms with Gasteiger partial charge < -0.3 is 29.0 Å². The molecule has 0 saturated carbocycles. The monoisotopic (exact) mass is 521 g/mol. The highest BCUT2D eigenvalue weighted by Gasteiger charge is 2.34. The minimum atomic E-state index is -0.551. The topological polar surface area (TPSA) is 60.4 Å². The maximum Gasteiger partial charge on any atom is 0.162 e. The number of aliphatic hydroxyl groups excluding tert-OH is 1. The Kier molecular flexibility index (Phi) is 11.9. The molecule has 35 heavy (non-hydrogen) atoms. The Morgan fingerprint density at radius 3 is 2.26 bits per heavy atom. The average molecular weight is 522 g/mol. The zero-order valence-corrected chi connectivity index (χ0v) is 22.7. The number of aliphatic hydroxyl groups is 1. The van der Waals surface area contributed by atoms with E-state index in [9.17, 15) is 5.11 Å². The van der Waals surface area contributed by atoms with Gasteiger partial charge in [0.05, 0.1) is 27.4 Å². The number of rotatable bonds is 10. The number of ether oxygens (including phenoxy) is 4. The van der Waals surface area contributed by atoms with E-state index in [2.05, 4.69) is 29.9 Å². The summed E-state index contributed by atoms with van der Waals surface area (Å²) in [4.78, 5) is 2.26.